The van der Waals surface area contributed by atoms with Gasteiger partial charge < -0.3 is 14.9 Å². The molecule has 1 heterocycles. The minimum Gasteiger partial charge on any atom is -0.481 e. The number of carboxylic acids is 1. The van der Waals surface area contributed by atoms with Gasteiger partial charge in [0, 0.05) is 26.1 Å². The van der Waals surface area contributed by atoms with Crippen molar-refractivity contribution >= 4 is 11.9 Å². The molecule has 0 aromatic carbocycles. The second-order valence-electron chi connectivity index (χ2n) is 6.03. The second-order valence-corrected chi connectivity index (χ2v) is 6.03. The Morgan fingerprint density at radius 2 is 1.90 bits per heavy atom. The van der Waals surface area contributed by atoms with Crippen molar-refractivity contribution in [2.24, 2.45) is 5.41 Å². The van der Waals surface area contributed by atoms with Crippen LogP contribution in [0.25, 0.3) is 0 Å². The number of amides is 1. The summed E-state index contributed by atoms with van der Waals surface area (Å²) in [6.07, 6.45) is 3.77. The van der Waals surface area contributed by atoms with Crippen LogP contribution in [-0.4, -0.2) is 59.5 Å². The summed E-state index contributed by atoms with van der Waals surface area (Å²) in [5.41, 5.74) is -0.558. The van der Waals surface area contributed by atoms with Gasteiger partial charge in [-0.15, -0.1) is 0 Å². The molecule has 5 nitrogen and oxygen atoms in total. The SMILES string of the molecule is CCCC1(C(=O)O)CCN(CCCC(=O)N(CC)CC)C1. The molecule has 1 N–H and O–H groups in total. The lowest BCUT2D eigenvalue weighted by atomic mass is 9.83. The molecule has 1 aliphatic heterocycles. The highest BCUT2D eigenvalue weighted by atomic mass is 16.4. The van der Waals surface area contributed by atoms with Crippen LogP contribution in [0, 0.1) is 5.41 Å². The van der Waals surface area contributed by atoms with E-state index in [2.05, 4.69) is 4.90 Å². The molecule has 0 aliphatic carbocycles. The summed E-state index contributed by atoms with van der Waals surface area (Å²) in [5.74, 6) is -0.455. The number of nitrogens with zero attached hydrogens (tertiary/aromatic N) is 2. The third-order valence-corrected chi connectivity index (χ3v) is 4.60. The number of likely N-dealkylation sites (tertiary alicyclic amines) is 1. The van der Waals surface area contributed by atoms with Gasteiger partial charge in [-0.05, 0) is 46.2 Å². The minimum absolute atomic E-state index is 0.206. The maximum Gasteiger partial charge on any atom is 0.310 e. The number of carbonyl (C=O) groups is 2. The lowest BCUT2D eigenvalue weighted by Gasteiger charge is -2.24. The zero-order chi connectivity index (χ0) is 15.9. The van der Waals surface area contributed by atoms with Crippen LogP contribution in [0.15, 0.2) is 0 Å². The van der Waals surface area contributed by atoms with E-state index in [4.69, 9.17) is 0 Å². The number of carboxylic acid groups (broad SMARTS) is 1. The van der Waals surface area contributed by atoms with Crippen LogP contribution in [0.5, 0.6) is 0 Å². The average Bonchev–Trinajstić information content (AvgIpc) is 2.85. The van der Waals surface area contributed by atoms with Gasteiger partial charge in [0.15, 0.2) is 0 Å². The Bertz CT molecular complexity index is 355. The molecule has 122 valence electrons. The van der Waals surface area contributed by atoms with E-state index < -0.39 is 11.4 Å². The molecule has 1 aliphatic rings. The molecule has 21 heavy (non-hydrogen) atoms. The molecular formula is C16H30N2O3. The molecule has 0 bridgehead atoms. The maximum atomic E-state index is 11.9. The Balaban J connectivity index is 2.38. The van der Waals surface area contributed by atoms with Crippen molar-refractivity contribution in [3.8, 4) is 0 Å². The normalized spacial score (nSPS) is 22.4. The summed E-state index contributed by atoms with van der Waals surface area (Å²) in [6.45, 7) is 9.85. The van der Waals surface area contributed by atoms with E-state index in [1.54, 1.807) is 0 Å². The standard InChI is InChI=1S/C16H30N2O3/c1-4-9-16(15(20)21)10-12-17(13-16)11-7-8-14(19)18(5-2)6-3/h4-13H2,1-3H3,(H,20,21). The lowest BCUT2D eigenvalue weighted by Crippen LogP contribution is -2.35. The van der Waals surface area contributed by atoms with Crippen molar-refractivity contribution < 1.29 is 14.7 Å². The number of hydrogen-bond acceptors (Lipinski definition) is 3. The van der Waals surface area contributed by atoms with E-state index in [1.807, 2.05) is 25.7 Å². The molecule has 0 aromatic rings. The van der Waals surface area contributed by atoms with Crippen LogP contribution < -0.4 is 0 Å². The van der Waals surface area contributed by atoms with E-state index in [0.717, 1.165) is 51.9 Å². The highest BCUT2D eigenvalue weighted by molar-refractivity contribution is 5.76. The van der Waals surface area contributed by atoms with Gasteiger partial charge in [-0.25, -0.2) is 0 Å². The highest BCUT2D eigenvalue weighted by Crippen LogP contribution is 2.35. The van der Waals surface area contributed by atoms with E-state index in [9.17, 15) is 14.7 Å². The van der Waals surface area contributed by atoms with Gasteiger partial charge in [0.25, 0.3) is 0 Å². The lowest BCUT2D eigenvalue weighted by molar-refractivity contribution is -0.148. The van der Waals surface area contributed by atoms with E-state index in [1.165, 1.54) is 0 Å². The molecule has 0 spiro atoms. The monoisotopic (exact) mass is 298 g/mol. The summed E-state index contributed by atoms with van der Waals surface area (Å²) < 4.78 is 0. The molecule has 1 amide bonds. The van der Waals surface area contributed by atoms with Crippen molar-refractivity contribution in [3.63, 3.8) is 0 Å². The summed E-state index contributed by atoms with van der Waals surface area (Å²) >= 11 is 0. The number of aliphatic carboxylic acids is 1. The van der Waals surface area contributed by atoms with Crippen molar-refractivity contribution in [2.45, 2.75) is 52.9 Å². The van der Waals surface area contributed by atoms with Crippen LogP contribution in [0.1, 0.15) is 52.9 Å². The van der Waals surface area contributed by atoms with Crippen molar-refractivity contribution in [2.75, 3.05) is 32.7 Å². The summed E-state index contributed by atoms with van der Waals surface area (Å²) in [6, 6.07) is 0. The smallest absolute Gasteiger partial charge is 0.310 e. The quantitative estimate of drug-likeness (QED) is 0.709. The zero-order valence-corrected chi connectivity index (χ0v) is 13.7. The Morgan fingerprint density at radius 1 is 1.24 bits per heavy atom. The summed E-state index contributed by atoms with van der Waals surface area (Å²) in [4.78, 5) is 27.5. The first kappa shape index (κ1) is 18.0. The first-order valence-corrected chi connectivity index (χ1v) is 8.22. The summed E-state index contributed by atoms with van der Waals surface area (Å²) in [5, 5.41) is 9.48. The van der Waals surface area contributed by atoms with Crippen molar-refractivity contribution in [3.05, 3.63) is 0 Å². The molecule has 0 radical (unpaired) electrons. The minimum atomic E-state index is -0.661. The Morgan fingerprint density at radius 3 is 2.43 bits per heavy atom. The molecule has 0 saturated carbocycles. The molecular weight excluding hydrogens is 268 g/mol. The van der Waals surface area contributed by atoms with Crippen LogP contribution in [-0.2, 0) is 9.59 Å². The zero-order valence-electron chi connectivity index (χ0n) is 13.7. The van der Waals surface area contributed by atoms with Crippen LogP contribution in [0.2, 0.25) is 0 Å². The molecule has 1 atom stereocenters. The molecule has 0 aromatic heterocycles. The predicted molar refractivity (Wildman–Crippen MR) is 83.2 cm³/mol. The number of carbonyl (C=O) groups excluding carboxylic acids is 1. The molecule has 1 fully saturated rings. The maximum absolute atomic E-state index is 11.9. The predicted octanol–water partition coefficient (Wildman–Crippen LogP) is 2.21. The number of hydrogen-bond donors (Lipinski definition) is 1. The fraction of sp³-hybridized carbons (Fsp3) is 0.875. The van der Waals surface area contributed by atoms with E-state index in [-0.39, 0.29) is 5.91 Å². The number of rotatable bonds is 9. The Labute approximate surface area is 128 Å². The van der Waals surface area contributed by atoms with Crippen LogP contribution in [0.3, 0.4) is 0 Å². The van der Waals surface area contributed by atoms with Crippen LogP contribution in [0.4, 0.5) is 0 Å². The van der Waals surface area contributed by atoms with Gasteiger partial charge >= 0.3 is 5.97 Å². The van der Waals surface area contributed by atoms with E-state index >= 15 is 0 Å². The average molecular weight is 298 g/mol. The second kappa shape index (κ2) is 8.37. The van der Waals surface area contributed by atoms with Gasteiger partial charge in [0.1, 0.15) is 0 Å². The van der Waals surface area contributed by atoms with Crippen LogP contribution >= 0.6 is 0 Å². The van der Waals surface area contributed by atoms with E-state index in [0.29, 0.717) is 13.0 Å². The van der Waals surface area contributed by atoms with Gasteiger partial charge in [-0.1, -0.05) is 13.3 Å². The Hall–Kier alpha value is -1.10. The largest absolute Gasteiger partial charge is 0.481 e. The molecule has 5 heteroatoms. The van der Waals surface area contributed by atoms with Gasteiger partial charge in [-0.3, -0.25) is 9.59 Å². The van der Waals surface area contributed by atoms with Crippen molar-refractivity contribution in [1.82, 2.24) is 9.80 Å². The molecule has 1 unspecified atom stereocenters. The van der Waals surface area contributed by atoms with Gasteiger partial charge in [-0.2, -0.15) is 0 Å². The topological polar surface area (TPSA) is 60.9 Å². The third-order valence-electron chi connectivity index (χ3n) is 4.60. The third kappa shape index (κ3) is 4.70. The summed E-state index contributed by atoms with van der Waals surface area (Å²) in [7, 11) is 0. The first-order valence-electron chi connectivity index (χ1n) is 8.22. The molecule has 1 rings (SSSR count). The van der Waals surface area contributed by atoms with Gasteiger partial charge in [0.2, 0.25) is 5.91 Å². The fourth-order valence-corrected chi connectivity index (χ4v) is 3.30. The fourth-order valence-electron chi connectivity index (χ4n) is 3.30. The highest BCUT2D eigenvalue weighted by Gasteiger charge is 2.43. The molecule has 1 saturated heterocycles. The Kier molecular flexibility index (Phi) is 7.15. The van der Waals surface area contributed by atoms with Gasteiger partial charge in [0.05, 0.1) is 5.41 Å². The van der Waals surface area contributed by atoms with Crippen molar-refractivity contribution in [1.29, 1.82) is 0 Å². The first-order chi connectivity index (χ1) is 9.99.